The third-order valence-corrected chi connectivity index (χ3v) is 4.55. The van der Waals surface area contributed by atoms with Crippen LogP contribution in [0.5, 0.6) is 5.75 Å². The highest BCUT2D eigenvalue weighted by Crippen LogP contribution is 2.32. The van der Waals surface area contributed by atoms with Crippen molar-refractivity contribution in [2.75, 3.05) is 20.8 Å². The van der Waals surface area contributed by atoms with Gasteiger partial charge in [0.2, 0.25) is 0 Å². The fraction of sp³-hybridized carbons (Fsp3) is 0.667. The van der Waals surface area contributed by atoms with Crippen molar-refractivity contribution >= 4 is 0 Å². The first-order chi connectivity index (χ1) is 10.1. The maximum absolute atomic E-state index is 6.29. The van der Waals surface area contributed by atoms with E-state index in [-0.39, 0.29) is 6.10 Å². The highest BCUT2D eigenvalue weighted by Gasteiger charge is 2.34. The summed E-state index contributed by atoms with van der Waals surface area (Å²) in [5.41, 5.74) is 1.29. The van der Waals surface area contributed by atoms with Crippen LogP contribution in [0.25, 0.3) is 0 Å². The van der Waals surface area contributed by atoms with Crippen LogP contribution in [0.2, 0.25) is 0 Å². The third-order valence-electron chi connectivity index (χ3n) is 4.55. The zero-order valence-corrected chi connectivity index (χ0v) is 13.8. The van der Waals surface area contributed by atoms with E-state index in [1.807, 2.05) is 7.05 Å². The van der Waals surface area contributed by atoms with Crippen molar-refractivity contribution in [2.24, 2.45) is 11.8 Å². The molecular formula is C18H29NO2. The van der Waals surface area contributed by atoms with Gasteiger partial charge in [-0.3, -0.25) is 0 Å². The quantitative estimate of drug-likeness (QED) is 0.872. The van der Waals surface area contributed by atoms with Gasteiger partial charge in [0.1, 0.15) is 11.9 Å². The average Bonchev–Trinajstić information content (AvgIpc) is 2.48. The standard InChI is InChI=1S/C18H29NO2/c1-13-11-14(2)18(17(12-13)19-3)21-16-7-5-15(6-8-16)9-10-20-4/h5-8,13-14,17-19H,9-12H2,1-4H3. The molecule has 0 radical (unpaired) electrons. The third kappa shape index (κ3) is 4.45. The minimum absolute atomic E-state index is 0.260. The minimum atomic E-state index is 0.260. The first kappa shape index (κ1) is 16.3. The Hall–Kier alpha value is -1.06. The van der Waals surface area contributed by atoms with Crippen molar-refractivity contribution in [1.82, 2.24) is 5.32 Å². The minimum Gasteiger partial charge on any atom is -0.489 e. The predicted octanol–water partition coefficient (Wildman–Crippen LogP) is 3.28. The highest BCUT2D eigenvalue weighted by atomic mass is 16.5. The zero-order valence-electron chi connectivity index (χ0n) is 13.8. The molecule has 1 aromatic rings. The first-order valence-corrected chi connectivity index (χ1v) is 8.05. The summed E-state index contributed by atoms with van der Waals surface area (Å²) in [5.74, 6) is 2.33. The molecule has 1 aliphatic rings. The van der Waals surface area contributed by atoms with Gasteiger partial charge in [-0.15, -0.1) is 0 Å². The van der Waals surface area contributed by atoms with Gasteiger partial charge in [-0.1, -0.05) is 26.0 Å². The van der Waals surface area contributed by atoms with E-state index in [2.05, 4.69) is 43.4 Å². The number of ether oxygens (including phenoxy) is 2. The normalized spacial score (nSPS) is 29.3. The van der Waals surface area contributed by atoms with E-state index in [1.165, 1.54) is 18.4 Å². The average molecular weight is 291 g/mol. The maximum atomic E-state index is 6.29. The van der Waals surface area contributed by atoms with Crippen LogP contribution < -0.4 is 10.1 Å². The van der Waals surface area contributed by atoms with Gasteiger partial charge in [0.25, 0.3) is 0 Å². The van der Waals surface area contributed by atoms with Gasteiger partial charge in [-0.05, 0) is 55.8 Å². The fourth-order valence-electron chi connectivity index (χ4n) is 3.42. The summed E-state index contributed by atoms with van der Waals surface area (Å²) in [7, 11) is 3.78. The number of hydrogen-bond acceptors (Lipinski definition) is 3. The van der Waals surface area contributed by atoms with E-state index in [9.17, 15) is 0 Å². The Kier molecular flexibility index (Phi) is 6.07. The molecule has 4 atom stereocenters. The topological polar surface area (TPSA) is 30.5 Å². The monoisotopic (exact) mass is 291 g/mol. The summed E-state index contributed by atoms with van der Waals surface area (Å²) in [6.07, 6.45) is 3.65. The number of rotatable bonds is 6. The summed E-state index contributed by atoms with van der Waals surface area (Å²) in [6, 6.07) is 8.89. The summed E-state index contributed by atoms with van der Waals surface area (Å²) in [5, 5.41) is 3.43. The molecule has 0 heterocycles. The lowest BCUT2D eigenvalue weighted by Gasteiger charge is -2.39. The zero-order chi connectivity index (χ0) is 15.2. The largest absolute Gasteiger partial charge is 0.489 e. The predicted molar refractivity (Wildman–Crippen MR) is 86.8 cm³/mol. The Morgan fingerprint density at radius 3 is 2.48 bits per heavy atom. The van der Waals surface area contributed by atoms with Gasteiger partial charge in [0.15, 0.2) is 0 Å². The lowest BCUT2D eigenvalue weighted by molar-refractivity contribution is 0.0507. The molecule has 0 bridgehead atoms. The van der Waals surface area contributed by atoms with Crippen molar-refractivity contribution in [2.45, 2.75) is 45.3 Å². The molecule has 2 rings (SSSR count). The van der Waals surface area contributed by atoms with E-state index < -0.39 is 0 Å². The van der Waals surface area contributed by atoms with Crippen LogP contribution in [-0.4, -0.2) is 32.9 Å². The van der Waals surface area contributed by atoms with Crippen LogP contribution in [0.1, 0.15) is 32.3 Å². The van der Waals surface area contributed by atoms with Gasteiger partial charge in [0.05, 0.1) is 6.61 Å². The summed E-state index contributed by atoms with van der Waals surface area (Å²) in [4.78, 5) is 0. The van der Waals surface area contributed by atoms with E-state index in [0.29, 0.717) is 12.0 Å². The Morgan fingerprint density at radius 1 is 1.14 bits per heavy atom. The Labute approximate surface area is 129 Å². The number of benzene rings is 1. The lowest BCUT2D eigenvalue weighted by Crippen LogP contribution is -2.49. The molecule has 1 N–H and O–H groups in total. The maximum Gasteiger partial charge on any atom is 0.119 e. The van der Waals surface area contributed by atoms with Crippen molar-refractivity contribution in [3.8, 4) is 5.75 Å². The molecule has 1 aliphatic carbocycles. The first-order valence-electron chi connectivity index (χ1n) is 8.05. The lowest BCUT2D eigenvalue weighted by atomic mass is 9.78. The summed E-state index contributed by atoms with van der Waals surface area (Å²) >= 11 is 0. The molecule has 1 aromatic carbocycles. The highest BCUT2D eigenvalue weighted by molar-refractivity contribution is 5.27. The van der Waals surface area contributed by atoms with Gasteiger partial charge in [-0.2, -0.15) is 0 Å². The van der Waals surface area contributed by atoms with E-state index in [4.69, 9.17) is 9.47 Å². The summed E-state index contributed by atoms with van der Waals surface area (Å²) < 4.78 is 11.4. The molecule has 0 saturated heterocycles. The Morgan fingerprint density at radius 2 is 1.86 bits per heavy atom. The Bertz CT molecular complexity index is 418. The summed E-state index contributed by atoms with van der Waals surface area (Å²) in [6.45, 7) is 5.40. The van der Waals surface area contributed by atoms with Crippen molar-refractivity contribution in [1.29, 1.82) is 0 Å². The van der Waals surface area contributed by atoms with Crippen LogP contribution in [0, 0.1) is 11.8 Å². The fourth-order valence-corrected chi connectivity index (χ4v) is 3.42. The smallest absolute Gasteiger partial charge is 0.119 e. The van der Waals surface area contributed by atoms with E-state index >= 15 is 0 Å². The van der Waals surface area contributed by atoms with Crippen LogP contribution >= 0.6 is 0 Å². The molecule has 0 spiro atoms. The van der Waals surface area contributed by atoms with Crippen molar-refractivity contribution in [3.63, 3.8) is 0 Å². The van der Waals surface area contributed by atoms with Gasteiger partial charge < -0.3 is 14.8 Å². The number of hydrogen-bond donors (Lipinski definition) is 1. The molecule has 0 aromatic heterocycles. The SMILES string of the molecule is CNC1CC(C)CC(C)C1Oc1ccc(CCOC)cc1. The van der Waals surface area contributed by atoms with Gasteiger partial charge in [-0.25, -0.2) is 0 Å². The van der Waals surface area contributed by atoms with Crippen molar-refractivity contribution < 1.29 is 9.47 Å². The molecule has 0 amide bonds. The second-order valence-corrected chi connectivity index (χ2v) is 6.42. The van der Waals surface area contributed by atoms with E-state index in [0.717, 1.165) is 24.7 Å². The molecular weight excluding hydrogens is 262 g/mol. The number of likely N-dealkylation sites (N-methyl/N-ethyl adjacent to an activating group) is 1. The molecule has 3 heteroatoms. The number of methoxy groups -OCH3 is 1. The molecule has 1 fully saturated rings. The number of nitrogens with one attached hydrogen (secondary N) is 1. The Balaban J connectivity index is 1.99. The van der Waals surface area contributed by atoms with Crippen LogP contribution in [0.3, 0.4) is 0 Å². The van der Waals surface area contributed by atoms with Crippen molar-refractivity contribution in [3.05, 3.63) is 29.8 Å². The molecule has 0 aliphatic heterocycles. The van der Waals surface area contributed by atoms with Crippen LogP contribution in [0.15, 0.2) is 24.3 Å². The molecule has 21 heavy (non-hydrogen) atoms. The van der Waals surface area contributed by atoms with Gasteiger partial charge in [0, 0.05) is 13.2 Å². The van der Waals surface area contributed by atoms with E-state index in [1.54, 1.807) is 7.11 Å². The van der Waals surface area contributed by atoms with Crippen LogP contribution in [0.4, 0.5) is 0 Å². The molecule has 4 unspecified atom stereocenters. The second kappa shape index (κ2) is 7.81. The molecule has 3 nitrogen and oxygen atoms in total. The van der Waals surface area contributed by atoms with Crippen LogP contribution in [-0.2, 0) is 11.2 Å². The van der Waals surface area contributed by atoms with Gasteiger partial charge >= 0.3 is 0 Å². The molecule has 118 valence electrons. The second-order valence-electron chi connectivity index (χ2n) is 6.42. The molecule has 1 saturated carbocycles.